The molecule has 16 heavy (non-hydrogen) atoms. The Morgan fingerprint density at radius 2 is 2.31 bits per heavy atom. The number of piperidine rings is 1. The fourth-order valence-corrected chi connectivity index (χ4v) is 2.32. The van der Waals surface area contributed by atoms with Crippen LogP contribution in [0.3, 0.4) is 0 Å². The van der Waals surface area contributed by atoms with Crippen molar-refractivity contribution >= 4 is 5.82 Å². The molecule has 1 aliphatic heterocycles. The average molecular weight is 220 g/mol. The maximum Gasteiger partial charge on any atom is 0.128 e. The van der Waals surface area contributed by atoms with E-state index < -0.39 is 0 Å². The van der Waals surface area contributed by atoms with Crippen molar-refractivity contribution in [3.05, 3.63) is 23.4 Å². The van der Waals surface area contributed by atoms with Crippen molar-refractivity contribution in [2.75, 3.05) is 18.0 Å². The quantitative estimate of drug-likeness (QED) is 0.829. The zero-order valence-corrected chi connectivity index (χ0v) is 10.1. The predicted octanol–water partition coefficient (Wildman–Crippen LogP) is 2.12. The Bertz CT molecular complexity index is 365. The van der Waals surface area contributed by atoms with Crippen LogP contribution in [0.25, 0.3) is 0 Å². The van der Waals surface area contributed by atoms with Gasteiger partial charge in [-0.2, -0.15) is 0 Å². The molecule has 1 aliphatic rings. The van der Waals surface area contributed by atoms with Crippen LogP contribution in [0, 0.1) is 12.8 Å². The van der Waals surface area contributed by atoms with Crippen molar-refractivity contribution in [1.82, 2.24) is 4.98 Å². The molecule has 2 rings (SSSR count). The van der Waals surface area contributed by atoms with E-state index >= 15 is 0 Å². The number of hydrogen-bond acceptors (Lipinski definition) is 3. The van der Waals surface area contributed by atoms with E-state index in [9.17, 15) is 0 Å². The average Bonchev–Trinajstić information content (AvgIpc) is 2.29. The van der Waals surface area contributed by atoms with Crippen LogP contribution in [-0.4, -0.2) is 23.2 Å². The summed E-state index contributed by atoms with van der Waals surface area (Å²) in [5.41, 5.74) is 1.87. The first-order valence-electron chi connectivity index (χ1n) is 6.03. The Kier molecular flexibility index (Phi) is 3.44. The summed E-state index contributed by atoms with van der Waals surface area (Å²) >= 11 is 0. The molecule has 0 bridgehead atoms. The van der Waals surface area contributed by atoms with Crippen LogP contribution in [0.5, 0.6) is 0 Å². The standard InChI is InChI=1S/C13H20N2O/c1-10-4-3-7-15(8-10)13-6-5-12(9-16)11(2)14-13/h5-6,10,16H,3-4,7-9H2,1-2H3. The molecule has 1 N–H and O–H groups in total. The first-order chi connectivity index (χ1) is 7.70. The van der Waals surface area contributed by atoms with Crippen LogP contribution in [0.15, 0.2) is 12.1 Å². The fraction of sp³-hybridized carbons (Fsp3) is 0.615. The number of rotatable bonds is 2. The summed E-state index contributed by atoms with van der Waals surface area (Å²) in [5, 5.41) is 9.11. The molecule has 0 aliphatic carbocycles. The summed E-state index contributed by atoms with van der Waals surface area (Å²) in [6.07, 6.45) is 2.58. The van der Waals surface area contributed by atoms with Gasteiger partial charge in [0.05, 0.1) is 6.61 Å². The zero-order chi connectivity index (χ0) is 11.5. The van der Waals surface area contributed by atoms with Crippen LogP contribution >= 0.6 is 0 Å². The van der Waals surface area contributed by atoms with Gasteiger partial charge in [-0.25, -0.2) is 4.98 Å². The summed E-state index contributed by atoms with van der Waals surface area (Å²) in [4.78, 5) is 6.92. The molecule has 1 aromatic rings. The molecule has 88 valence electrons. The van der Waals surface area contributed by atoms with Crippen LogP contribution in [0.4, 0.5) is 5.82 Å². The summed E-state index contributed by atoms with van der Waals surface area (Å²) in [5.74, 6) is 1.81. The lowest BCUT2D eigenvalue weighted by atomic mass is 10.0. The molecular formula is C13H20N2O. The molecule has 0 saturated carbocycles. The highest BCUT2D eigenvalue weighted by atomic mass is 16.3. The molecule has 3 heteroatoms. The minimum Gasteiger partial charge on any atom is -0.392 e. The van der Waals surface area contributed by atoms with Gasteiger partial charge in [0, 0.05) is 18.8 Å². The lowest BCUT2D eigenvalue weighted by Crippen LogP contribution is -2.34. The smallest absolute Gasteiger partial charge is 0.128 e. The van der Waals surface area contributed by atoms with Crippen molar-refractivity contribution in [1.29, 1.82) is 0 Å². The van der Waals surface area contributed by atoms with Gasteiger partial charge in [-0.1, -0.05) is 13.0 Å². The number of pyridine rings is 1. The Morgan fingerprint density at radius 1 is 1.50 bits per heavy atom. The van der Waals surface area contributed by atoms with Gasteiger partial charge < -0.3 is 10.0 Å². The lowest BCUT2D eigenvalue weighted by Gasteiger charge is -2.32. The summed E-state index contributed by atoms with van der Waals surface area (Å²) in [6, 6.07) is 4.01. The number of aromatic nitrogens is 1. The highest BCUT2D eigenvalue weighted by Gasteiger charge is 2.17. The van der Waals surface area contributed by atoms with Crippen molar-refractivity contribution in [2.24, 2.45) is 5.92 Å². The molecule has 3 nitrogen and oxygen atoms in total. The zero-order valence-electron chi connectivity index (χ0n) is 10.1. The number of anilines is 1. The van der Waals surface area contributed by atoms with Gasteiger partial charge in [-0.3, -0.25) is 0 Å². The number of aryl methyl sites for hydroxylation is 1. The molecule has 1 aromatic heterocycles. The van der Waals surface area contributed by atoms with E-state index in [1.165, 1.54) is 12.8 Å². The summed E-state index contributed by atoms with van der Waals surface area (Å²) in [7, 11) is 0. The maximum atomic E-state index is 9.11. The van der Waals surface area contributed by atoms with Gasteiger partial charge in [0.2, 0.25) is 0 Å². The molecule has 0 spiro atoms. The highest BCUT2D eigenvalue weighted by molar-refractivity contribution is 5.42. The minimum atomic E-state index is 0.0789. The van der Waals surface area contributed by atoms with E-state index in [0.29, 0.717) is 0 Å². The number of nitrogens with zero attached hydrogens (tertiary/aromatic N) is 2. The molecule has 0 amide bonds. The third kappa shape index (κ3) is 2.35. The number of aliphatic hydroxyl groups is 1. The van der Waals surface area contributed by atoms with Crippen LogP contribution in [0.2, 0.25) is 0 Å². The van der Waals surface area contributed by atoms with E-state index in [1.54, 1.807) is 0 Å². The van der Waals surface area contributed by atoms with Gasteiger partial charge in [0.25, 0.3) is 0 Å². The largest absolute Gasteiger partial charge is 0.392 e. The summed E-state index contributed by atoms with van der Waals surface area (Å²) in [6.45, 7) is 6.54. The van der Waals surface area contributed by atoms with Crippen molar-refractivity contribution < 1.29 is 5.11 Å². The molecule has 1 saturated heterocycles. The second-order valence-electron chi connectivity index (χ2n) is 4.77. The third-order valence-electron chi connectivity index (χ3n) is 3.33. The normalized spacial score (nSPS) is 21.2. The Balaban J connectivity index is 2.17. The molecule has 0 radical (unpaired) electrons. The number of hydrogen-bond donors (Lipinski definition) is 1. The topological polar surface area (TPSA) is 36.4 Å². The maximum absolute atomic E-state index is 9.11. The Morgan fingerprint density at radius 3 is 2.94 bits per heavy atom. The van der Waals surface area contributed by atoms with Crippen molar-refractivity contribution in [3.63, 3.8) is 0 Å². The predicted molar refractivity (Wildman–Crippen MR) is 65.5 cm³/mol. The van der Waals surface area contributed by atoms with E-state index in [0.717, 1.165) is 36.1 Å². The molecule has 1 fully saturated rings. The Labute approximate surface area is 97.1 Å². The van der Waals surface area contributed by atoms with Crippen molar-refractivity contribution in [3.8, 4) is 0 Å². The van der Waals surface area contributed by atoms with Crippen LogP contribution in [0.1, 0.15) is 31.0 Å². The van der Waals surface area contributed by atoms with E-state index in [-0.39, 0.29) is 6.61 Å². The fourth-order valence-electron chi connectivity index (χ4n) is 2.32. The van der Waals surface area contributed by atoms with E-state index in [2.05, 4.69) is 16.8 Å². The first kappa shape index (κ1) is 11.4. The first-order valence-corrected chi connectivity index (χ1v) is 6.03. The summed E-state index contributed by atoms with van der Waals surface area (Å²) < 4.78 is 0. The Hall–Kier alpha value is -1.09. The molecular weight excluding hydrogens is 200 g/mol. The van der Waals surface area contributed by atoms with Gasteiger partial charge in [-0.15, -0.1) is 0 Å². The monoisotopic (exact) mass is 220 g/mol. The molecule has 1 unspecified atom stereocenters. The number of aliphatic hydroxyl groups excluding tert-OH is 1. The third-order valence-corrected chi connectivity index (χ3v) is 3.33. The minimum absolute atomic E-state index is 0.0789. The molecule has 1 atom stereocenters. The van der Waals surface area contributed by atoms with Gasteiger partial charge in [0.1, 0.15) is 5.82 Å². The highest BCUT2D eigenvalue weighted by Crippen LogP contribution is 2.22. The lowest BCUT2D eigenvalue weighted by molar-refractivity contribution is 0.280. The second kappa shape index (κ2) is 4.83. The van der Waals surface area contributed by atoms with E-state index in [4.69, 9.17) is 5.11 Å². The van der Waals surface area contributed by atoms with Gasteiger partial charge in [0.15, 0.2) is 0 Å². The molecule has 2 heterocycles. The SMILES string of the molecule is Cc1nc(N2CCCC(C)C2)ccc1CO. The second-order valence-corrected chi connectivity index (χ2v) is 4.77. The van der Waals surface area contributed by atoms with Crippen molar-refractivity contribution in [2.45, 2.75) is 33.3 Å². The van der Waals surface area contributed by atoms with Gasteiger partial charge in [-0.05, 0) is 37.3 Å². The van der Waals surface area contributed by atoms with E-state index in [1.807, 2.05) is 19.1 Å². The molecule has 0 aromatic carbocycles. The van der Waals surface area contributed by atoms with Crippen LogP contribution < -0.4 is 4.90 Å². The van der Waals surface area contributed by atoms with Gasteiger partial charge >= 0.3 is 0 Å². The van der Waals surface area contributed by atoms with Crippen LogP contribution in [-0.2, 0) is 6.61 Å².